The molecule has 0 saturated carbocycles. The minimum absolute atomic E-state index is 0.175. The first-order valence-electron chi connectivity index (χ1n) is 12.7. The van der Waals surface area contributed by atoms with E-state index in [-0.39, 0.29) is 5.91 Å². The van der Waals surface area contributed by atoms with Crippen LogP contribution in [0.15, 0.2) is 41.4 Å². The number of aryl methyl sites for hydroxylation is 2. The standard InChI is InChI=1S/C28H36N4O6/c1-20-11-13-23(17-25(20)29-19-33)31-27(35)37-15-9-7-5-4-6-8-10-16-38-28(36)32-24-14-12-21(2)26(18-24)30-22(3)34/h11-14,17-18H,4-10,15-16H2,1-3H3,(H,30,34)(H,31,35)(H,32,36). The number of hydrogen-bond donors (Lipinski definition) is 3. The Morgan fingerprint density at radius 3 is 1.76 bits per heavy atom. The zero-order chi connectivity index (χ0) is 27.8. The van der Waals surface area contributed by atoms with Gasteiger partial charge in [0.15, 0.2) is 0 Å². The Morgan fingerprint density at radius 2 is 1.24 bits per heavy atom. The molecule has 0 aliphatic rings. The summed E-state index contributed by atoms with van der Waals surface area (Å²) in [5.74, 6) is -0.175. The number of carbonyl (C=O) groups excluding carboxylic acids is 4. The van der Waals surface area contributed by atoms with Crippen LogP contribution in [0.5, 0.6) is 0 Å². The van der Waals surface area contributed by atoms with Crippen LogP contribution in [0.1, 0.15) is 63.0 Å². The second-order valence-electron chi connectivity index (χ2n) is 8.91. The molecular weight excluding hydrogens is 488 g/mol. The van der Waals surface area contributed by atoms with E-state index >= 15 is 0 Å². The van der Waals surface area contributed by atoms with E-state index in [2.05, 4.69) is 20.9 Å². The Morgan fingerprint density at radius 1 is 0.737 bits per heavy atom. The number of nitrogens with zero attached hydrogens (tertiary/aromatic N) is 1. The molecule has 0 bridgehead atoms. The van der Waals surface area contributed by atoms with E-state index in [0.29, 0.717) is 36.0 Å². The van der Waals surface area contributed by atoms with E-state index in [1.807, 2.05) is 19.9 Å². The van der Waals surface area contributed by atoms with Crippen LogP contribution in [0.3, 0.4) is 0 Å². The third-order valence-electron chi connectivity index (χ3n) is 5.67. The molecule has 0 unspecified atom stereocenters. The van der Waals surface area contributed by atoms with Crippen molar-refractivity contribution in [3.63, 3.8) is 0 Å². The fraction of sp³-hybridized carbons (Fsp3) is 0.429. The molecule has 10 nitrogen and oxygen atoms in total. The van der Waals surface area contributed by atoms with Gasteiger partial charge in [-0.2, -0.15) is 4.99 Å². The Labute approximate surface area is 223 Å². The first-order chi connectivity index (χ1) is 18.3. The van der Waals surface area contributed by atoms with Gasteiger partial charge in [0.2, 0.25) is 12.0 Å². The van der Waals surface area contributed by atoms with Gasteiger partial charge in [-0.15, -0.1) is 0 Å². The number of benzene rings is 2. The van der Waals surface area contributed by atoms with Gasteiger partial charge in [0, 0.05) is 24.0 Å². The van der Waals surface area contributed by atoms with Crippen LogP contribution in [0.2, 0.25) is 0 Å². The Hall–Kier alpha value is -4.17. The minimum Gasteiger partial charge on any atom is -0.449 e. The van der Waals surface area contributed by atoms with Gasteiger partial charge in [0.05, 0.1) is 18.9 Å². The van der Waals surface area contributed by atoms with E-state index in [9.17, 15) is 19.2 Å². The molecule has 2 aromatic rings. The molecular formula is C28H36N4O6. The molecule has 0 heterocycles. The van der Waals surface area contributed by atoms with Crippen molar-refractivity contribution in [1.29, 1.82) is 0 Å². The molecule has 0 radical (unpaired) electrons. The third-order valence-corrected chi connectivity index (χ3v) is 5.67. The highest BCUT2D eigenvalue weighted by Crippen LogP contribution is 2.23. The smallest absolute Gasteiger partial charge is 0.411 e. The lowest BCUT2D eigenvalue weighted by Gasteiger charge is -2.11. The molecule has 0 aliphatic carbocycles. The van der Waals surface area contributed by atoms with Crippen LogP contribution < -0.4 is 16.0 Å². The molecule has 0 saturated heterocycles. The lowest BCUT2D eigenvalue weighted by Crippen LogP contribution is -2.15. The van der Waals surface area contributed by atoms with Crippen molar-refractivity contribution in [2.45, 2.75) is 65.7 Å². The molecule has 0 fully saturated rings. The predicted octanol–water partition coefficient (Wildman–Crippen LogP) is 6.76. The molecule has 0 atom stereocenters. The van der Waals surface area contributed by atoms with Crippen molar-refractivity contribution >= 4 is 46.9 Å². The Balaban J connectivity index is 1.48. The summed E-state index contributed by atoms with van der Waals surface area (Å²) in [4.78, 5) is 49.3. The fourth-order valence-corrected chi connectivity index (χ4v) is 3.61. The summed E-state index contributed by atoms with van der Waals surface area (Å²) >= 11 is 0. The summed E-state index contributed by atoms with van der Waals surface area (Å²) in [7, 11) is 0. The number of nitrogens with one attached hydrogen (secondary N) is 3. The van der Waals surface area contributed by atoms with Crippen molar-refractivity contribution in [2.75, 3.05) is 29.2 Å². The summed E-state index contributed by atoms with van der Waals surface area (Å²) in [5, 5.41) is 8.03. The number of amides is 3. The number of hydrogen-bond acceptors (Lipinski definition) is 7. The molecule has 0 aliphatic heterocycles. The number of carbonyl (C=O) groups is 3. The van der Waals surface area contributed by atoms with Gasteiger partial charge < -0.3 is 14.8 Å². The highest BCUT2D eigenvalue weighted by atomic mass is 16.6. The highest BCUT2D eigenvalue weighted by Gasteiger charge is 2.07. The minimum atomic E-state index is -0.547. The van der Waals surface area contributed by atoms with Crippen LogP contribution >= 0.6 is 0 Å². The van der Waals surface area contributed by atoms with Crippen molar-refractivity contribution < 1.29 is 28.7 Å². The Bertz CT molecular complexity index is 1140. The summed E-state index contributed by atoms with van der Waals surface area (Å²) in [6.45, 7) is 5.78. The SMILES string of the molecule is CC(=O)Nc1cc(NC(=O)OCCCCCCCCCOC(=O)Nc2ccc(C)c(N=C=O)c2)ccc1C. The maximum atomic E-state index is 12.0. The summed E-state index contributed by atoms with van der Waals surface area (Å²) in [6, 6.07) is 10.3. The molecule has 0 aromatic heterocycles. The zero-order valence-corrected chi connectivity index (χ0v) is 22.2. The maximum Gasteiger partial charge on any atom is 0.411 e. The second-order valence-corrected chi connectivity index (χ2v) is 8.91. The summed E-state index contributed by atoms with van der Waals surface area (Å²) in [6.07, 6.45) is 6.99. The van der Waals surface area contributed by atoms with Crippen LogP contribution in [-0.2, 0) is 19.1 Å². The Kier molecular flexibility index (Phi) is 13.1. The molecule has 2 rings (SSSR count). The molecule has 3 N–H and O–H groups in total. The van der Waals surface area contributed by atoms with E-state index in [1.165, 1.54) is 13.0 Å². The van der Waals surface area contributed by atoms with Gasteiger partial charge in [-0.3, -0.25) is 15.4 Å². The number of ether oxygens (including phenoxy) is 2. The third kappa shape index (κ3) is 11.7. The predicted molar refractivity (Wildman–Crippen MR) is 147 cm³/mol. The molecule has 0 spiro atoms. The molecule has 10 heteroatoms. The normalized spacial score (nSPS) is 10.2. The van der Waals surface area contributed by atoms with E-state index < -0.39 is 12.2 Å². The van der Waals surface area contributed by atoms with E-state index in [1.54, 1.807) is 30.3 Å². The first-order valence-corrected chi connectivity index (χ1v) is 12.7. The van der Waals surface area contributed by atoms with Crippen LogP contribution in [0.4, 0.5) is 32.3 Å². The first kappa shape index (κ1) is 30.1. The second kappa shape index (κ2) is 16.6. The average Bonchev–Trinajstić information content (AvgIpc) is 2.86. The number of anilines is 3. The molecule has 2 aromatic carbocycles. The molecule has 38 heavy (non-hydrogen) atoms. The van der Waals surface area contributed by atoms with E-state index in [0.717, 1.165) is 56.1 Å². The van der Waals surface area contributed by atoms with Gasteiger partial charge in [-0.05, 0) is 62.1 Å². The molecule has 3 amide bonds. The zero-order valence-electron chi connectivity index (χ0n) is 22.2. The number of unbranched alkanes of at least 4 members (excludes halogenated alkanes) is 6. The summed E-state index contributed by atoms with van der Waals surface area (Å²) < 4.78 is 10.4. The largest absolute Gasteiger partial charge is 0.449 e. The van der Waals surface area contributed by atoms with Crippen molar-refractivity contribution in [1.82, 2.24) is 0 Å². The van der Waals surface area contributed by atoms with Crippen LogP contribution in [-0.4, -0.2) is 37.4 Å². The number of aliphatic imine (C=N–C) groups is 1. The number of isocyanates is 1. The van der Waals surface area contributed by atoms with Crippen molar-refractivity contribution in [3.8, 4) is 0 Å². The van der Waals surface area contributed by atoms with Crippen molar-refractivity contribution in [3.05, 3.63) is 47.5 Å². The number of rotatable bonds is 14. The van der Waals surface area contributed by atoms with Crippen LogP contribution in [0.25, 0.3) is 0 Å². The van der Waals surface area contributed by atoms with Gasteiger partial charge in [-0.1, -0.05) is 44.2 Å². The highest BCUT2D eigenvalue weighted by molar-refractivity contribution is 5.92. The maximum absolute atomic E-state index is 12.0. The topological polar surface area (TPSA) is 135 Å². The van der Waals surface area contributed by atoms with Crippen molar-refractivity contribution in [2.24, 2.45) is 4.99 Å². The van der Waals surface area contributed by atoms with Gasteiger partial charge in [0.1, 0.15) is 0 Å². The van der Waals surface area contributed by atoms with Crippen LogP contribution in [0, 0.1) is 13.8 Å². The lowest BCUT2D eigenvalue weighted by molar-refractivity contribution is -0.114. The summed E-state index contributed by atoms with van der Waals surface area (Å²) in [5.41, 5.74) is 3.86. The lowest BCUT2D eigenvalue weighted by atomic mass is 10.1. The van der Waals surface area contributed by atoms with Gasteiger partial charge in [0.25, 0.3) is 0 Å². The van der Waals surface area contributed by atoms with Gasteiger partial charge >= 0.3 is 12.2 Å². The molecule has 204 valence electrons. The monoisotopic (exact) mass is 524 g/mol. The quantitative estimate of drug-likeness (QED) is 0.142. The van der Waals surface area contributed by atoms with Gasteiger partial charge in [-0.25, -0.2) is 14.4 Å². The average molecular weight is 525 g/mol. The fourth-order valence-electron chi connectivity index (χ4n) is 3.61. The van der Waals surface area contributed by atoms with E-state index in [4.69, 9.17) is 9.47 Å².